The summed E-state index contributed by atoms with van der Waals surface area (Å²) in [5.41, 5.74) is 1.09. The maximum Gasteiger partial charge on any atom is 0.124 e. The van der Waals surface area contributed by atoms with Gasteiger partial charge in [0.15, 0.2) is 0 Å². The van der Waals surface area contributed by atoms with Gasteiger partial charge in [-0.3, -0.25) is 0 Å². The normalized spacial score (nSPS) is 17.2. The molecule has 1 aromatic rings. The van der Waals surface area contributed by atoms with Crippen molar-refractivity contribution in [3.8, 4) is 0 Å². The fourth-order valence-corrected chi connectivity index (χ4v) is 2.89. The van der Waals surface area contributed by atoms with E-state index in [1.54, 1.807) is 0 Å². The zero-order valence-electron chi connectivity index (χ0n) is 9.22. The second-order valence-electron chi connectivity index (χ2n) is 3.94. The Balaban J connectivity index is 1.90. The molecule has 0 bridgehead atoms. The van der Waals surface area contributed by atoms with Crippen molar-refractivity contribution in [1.29, 1.82) is 0 Å². The number of hydrogen-bond donors (Lipinski definition) is 0. The zero-order valence-corrected chi connectivity index (χ0v) is 10.0. The van der Waals surface area contributed by atoms with Crippen LogP contribution in [-0.4, -0.2) is 24.7 Å². The largest absolute Gasteiger partial charge is 0.381 e. The monoisotopic (exact) mass is 236 g/mol. The topological polar surface area (TPSA) is 26.3 Å². The number of carbonyl (C=O) groups excluding carboxylic acids is 1. The molecule has 86 valence electrons. The summed E-state index contributed by atoms with van der Waals surface area (Å²) < 4.78 is 5.34. The highest BCUT2D eigenvalue weighted by Gasteiger charge is 2.14. The van der Waals surface area contributed by atoms with Gasteiger partial charge in [0, 0.05) is 29.8 Å². The third-order valence-corrected chi connectivity index (χ3v) is 4.06. The fourth-order valence-electron chi connectivity index (χ4n) is 1.79. The van der Waals surface area contributed by atoms with Crippen molar-refractivity contribution in [1.82, 2.24) is 0 Å². The molecule has 1 aromatic carbocycles. The molecule has 1 heterocycles. The zero-order chi connectivity index (χ0) is 11.2. The molecule has 0 amide bonds. The Morgan fingerprint density at radius 2 is 1.94 bits per heavy atom. The first-order valence-electron chi connectivity index (χ1n) is 5.65. The molecule has 0 radical (unpaired) electrons. The highest BCUT2D eigenvalue weighted by atomic mass is 32.2. The van der Waals surface area contributed by atoms with Crippen molar-refractivity contribution < 1.29 is 9.53 Å². The molecule has 0 aliphatic carbocycles. The maximum absolute atomic E-state index is 10.4. The number of aldehydes is 1. The summed E-state index contributed by atoms with van der Waals surface area (Å²) in [6.07, 6.45) is 3.74. The van der Waals surface area contributed by atoms with Crippen LogP contribution >= 0.6 is 11.8 Å². The van der Waals surface area contributed by atoms with Crippen molar-refractivity contribution in [3.63, 3.8) is 0 Å². The minimum Gasteiger partial charge on any atom is -0.381 e. The lowest BCUT2D eigenvalue weighted by atomic mass is 10.2. The Bertz CT molecular complexity index is 328. The molecule has 1 fully saturated rings. The van der Waals surface area contributed by atoms with E-state index >= 15 is 0 Å². The molecule has 0 spiro atoms. The van der Waals surface area contributed by atoms with Crippen LogP contribution in [0.2, 0.25) is 0 Å². The smallest absolute Gasteiger partial charge is 0.124 e. The van der Waals surface area contributed by atoms with Crippen LogP contribution in [0.3, 0.4) is 0 Å². The minimum absolute atomic E-state index is 0.516. The van der Waals surface area contributed by atoms with Gasteiger partial charge in [0.1, 0.15) is 6.29 Å². The summed E-state index contributed by atoms with van der Waals surface area (Å²) in [4.78, 5) is 11.7. The Morgan fingerprint density at radius 1 is 1.25 bits per heavy atom. The summed E-state index contributed by atoms with van der Waals surface area (Å²) in [5.74, 6) is 0. The van der Waals surface area contributed by atoms with Crippen LogP contribution in [0, 0.1) is 0 Å². The summed E-state index contributed by atoms with van der Waals surface area (Å²) in [6, 6.07) is 8.30. The van der Waals surface area contributed by atoms with Gasteiger partial charge in [-0.05, 0) is 30.5 Å². The Morgan fingerprint density at radius 3 is 2.56 bits per heavy atom. The van der Waals surface area contributed by atoms with E-state index in [1.165, 1.54) is 4.90 Å². The minimum atomic E-state index is 0.516. The Kier molecular flexibility index (Phi) is 4.43. The van der Waals surface area contributed by atoms with E-state index in [-0.39, 0.29) is 0 Å². The third-order valence-electron chi connectivity index (χ3n) is 2.71. The number of carbonyl (C=O) groups is 1. The lowest BCUT2D eigenvalue weighted by Crippen LogP contribution is -2.17. The van der Waals surface area contributed by atoms with E-state index in [4.69, 9.17) is 4.74 Å². The molecular formula is C13H16O2S. The van der Waals surface area contributed by atoms with Crippen LogP contribution in [0.4, 0.5) is 0 Å². The quantitative estimate of drug-likeness (QED) is 0.752. The Hall–Kier alpha value is -0.800. The van der Waals surface area contributed by atoms with Crippen molar-refractivity contribution in [2.24, 2.45) is 0 Å². The molecule has 1 aliphatic rings. The van der Waals surface area contributed by atoms with Crippen LogP contribution in [-0.2, 0) is 16.0 Å². The van der Waals surface area contributed by atoms with Gasteiger partial charge in [-0.15, -0.1) is 11.8 Å². The number of thioether (sulfide) groups is 1. The van der Waals surface area contributed by atoms with E-state index in [9.17, 15) is 4.79 Å². The van der Waals surface area contributed by atoms with Crippen LogP contribution in [0.1, 0.15) is 18.4 Å². The lowest BCUT2D eigenvalue weighted by molar-refractivity contribution is -0.107. The SMILES string of the molecule is O=CCc1ccc(SC2CCOCC2)cc1. The predicted octanol–water partition coefficient (Wildman–Crippen LogP) is 2.70. The molecular weight excluding hydrogens is 220 g/mol. The fraction of sp³-hybridized carbons (Fsp3) is 0.462. The molecule has 1 aliphatic heterocycles. The second kappa shape index (κ2) is 6.06. The summed E-state index contributed by atoms with van der Waals surface area (Å²) in [6.45, 7) is 1.78. The van der Waals surface area contributed by atoms with Gasteiger partial charge in [-0.25, -0.2) is 0 Å². The van der Waals surface area contributed by atoms with Crippen LogP contribution in [0.5, 0.6) is 0 Å². The van der Waals surface area contributed by atoms with E-state index in [2.05, 4.69) is 12.1 Å². The van der Waals surface area contributed by atoms with Gasteiger partial charge in [0.2, 0.25) is 0 Å². The predicted molar refractivity (Wildman–Crippen MR) is 65.9 cm³/mol. The van der Waals surface area contributed by atoms with Gasteiger partial charge in [-0.1, -0.05) is 12.1 Å². The van der Waals surface area contributed by atoms with Gasteiger partial charge in [0.05, 0.1) is 0 Å². The number of ether oxygens (including phenoxy) is 1. The summed E-state index contributed by atoms with van der Waals surface area (Å²) in [7, 11) is 0. The van der Waals surface area contributed by atoms with Crippen LogP contribution in [0.15, 0.2) is 29.2 Å². The van der Waals surface area contributed by atoms with Crippen LogP contribution in [0.25, 0.3) is 0 Å². The molecule has 0 saturated carbocycles. The molecule has 1 saturated heterocycles. The third kappa shape index (κ3) is 3.35. The molecule has 3 heteroatoms. The van der Waals surface area contributed by atoms with E-state index in [0.717, 1.165) is 37.9 Å². The van der Waals surface area contributed by atoms with Crippen molar-refractivity contribution >= 4 is 18.0 Å². The average molecular weight is 236 g/mol. The van der Waals surface area contributed by atoms with E-state index < -0.39 is 0 Å². The summed E-state index contributed by atoms with van der Waals surface area (Å²) in [5, 5.41) is 0.686. The number of rotatable bonds is 4. The van der Waals surface area contributed by atoms with Crippen molar-refractivity contribution in [3.05, 3.63) is 29.8 Å². The molecule has 0 atom stereocenters. The molecule has 16 heavy (non-hydrogen) atoms. The van der Waals surface area contributed by atoms with Gasteiger partial charge < -0.3 is 9.53 Å². The van der Waals surface area contributed by atoms with Gasteiger partial charge in [-0.2, -0.15) is 0 Å². The molecule has 0 N–H and O–H groups in total. The molecule has 0 aromatic heterocycles. The lowest BCUT2D eigenvalue weighted by Gasteiger charge is -2.21. The first-order chi connectivity index (χ1) is 7.88. The second-order valence-corrected chi connectivity index (χ2v) is 5.32. The molecule has 2 nitrogen and oxygen atoms in total. The van der Waals surface area contributed by atoms with Gasteiger partial charge >= 0.3 is 0 Å². The first kappa shape index (κ1) is 11.7. The standard InChI is InChI=1S/C13H16O2S/c14-8-5-11-1-3-12(4-2-11)16-13-6-9-15-10-7-13/h1-4,8,13H,5-7,9-10H2. The van der Waals surface area contributed by atoms with E-state index in [0.29, 0.717) is 11.7 Å². The van der Waals surface area contributed by atoms with E-state index in [1.807, 2.05) is 23.9 Å². The molecule has 0 unspecified atom stereocenters. The maximum atomic E-state index is 10.4. The summed E-state index contributed by atoms with van der Waals surface area (Å²) >= 11 is 1.92. The average Bonchev–Trinajstić information content (AvgIpc) is 2.33. The first-order valence-corrected chi connectivity index (χ1v) is 6.53. The molecule has 2 rings (SSSR count). The van der Waals surface area contributed by atoms with Gasteiger partial charge in [0.25, 0.3) is 0 Å². The number of hydrogen-bond acceptors (Lipinski definition) is 3. The highest BCUT2D eigenvalue weighted by molar-refractivity contribution is 8.00. The highest BCUT2D eigenvalue weighted by Crippen LogP contribution is 2.29. The van der Waals surface area contributed by atoms with Crippen molar-refractivity contribution in [2.45, 2.75) is 29.4 Å². The number of benzene rings is 1. The van der Waals surface area contributed by atoms with Crippen LogP contribution < -0.4 is 0 Å². The Labute approximate surface area is 100 Å². The van der Waals surface area contributed by atoms with Crippen molar-refractivity contribution in [2.75, 3.05) is 13.2 Å².